The number of rotatable bonds is 6. The normalized spacial score (nSPS) is 14.8. The Hall–Kier alpha value is -2.63. The van der Waals surface area contributed by atoms with Gasteiger partial charge in [-0.1, -0.05) is 12.1 Å². The van der Waals surface area contributed by atoms with Crippen molar-refractivity contribution in [2.75, 3.05) is 13.2 Å². The lowest BCUT2D eigenvalue weighted by atomic mass is 9.83. The van der Waals surface area contributed by atoms with Gasteiger partial charge < -0.3 is 14.4 Å². The monoisotopic (exact) mass is 361 g/mol. The SMILES string of the molecule is CCOC(=O)C1=CN(C(C)C)C=C(C(=O)OCC)C1c1cccc(F)c1. The summed E-state index contributed by atoms with van der Waals surface area (Å²) >= 11 is 0. The number of hydrogen-bond donors (Lipinski definition) is 0. The van der Waals surface area contributed by atoms with Crippen LogP contribution >= 0.6 is 0 Å². The third kappa shape index (κ3) is 4.31. The van der Waals surface area contributed by atoms with E-state index in [0.29, 0.717) is 5.56 Å². The van der Waals surface area contributed by atoms with Crippen LogP contribution in [0.4, 0.5) is 4.39 Å². The summed E-state index contributed by atoms with van der Waals surface area (Å²) in [5, 5.41) is 0. The first-order valence-electron chi connectivity index (χ1n) is 8.69. The molecule has 0 spiro atoms. The van der Waals surface area contributed by atoms with E-state index >= 15 is 0 Å². The van der Waals surface area contributed by atoms with Gasteiger partial charge in [0.15, 0.2) is 0 Å². The molecule has 0 fully saturated rings. The van der Waals surface area contributed by atoms with E-state index in [4.69, 9.17) is 9.47 Å². The first kappa shape index (κ1) is 19.7. The first-order chi connectivity index (χ1) is 12.4. The van der Waals surface area contributed by atoms with E-state index in [1.165, 1.54) is 12.1 Å². The Morgan fingerprint density at radius 2 is 1.62 bits per heavy atom. The summed E-state index contributed by atoms with van der Waals surface area (Å²) in [5.41, 5.74) is 1.04. The number of carbonyl (C=O) groups is 2. The molecule has 0 unspecified atom stereocenters. The highest BCUT2D eigenvalue weighted by atomic mass is 19.1. The van der Waals surface area contributed by atoms with Crippen LogP contribution in [0.25, 0.3) is 0 Å². The van der Waals surface area contributed by atoms with Gasteiger partial charge >= 0.3 is 11.9 Å². The van der Waals surface area contributed by atoms with Crippen LogP contribution in [0.5, 0.6) is 0 Å². The molecule has 0 amide bonds. The van der Waals surface area contributed by atoms with E-state index in [-0.39, 0.29) is 30.4 Å². The van der Waals surface area contributed by atoms with Gasteiger partial charge in [0.2, 0.25) is 0 Å². The number of esters is 2. The smallest absolute Gasteiger partial charge is 0.336 e. The van der Waals surface area contributed by atoms with Gasteiger partial charge in [0.1, 0.15) is 5.82 Å². The van der Waals surface area contributed by atoms with Gasteiger partial charge in [-0.05, 0) is 45.4 Å². The van der Waals surface area contributed by atoms with Crippen LogP contribution in [0.3, 0.4) is 0 Å². The van der Waals surface area contributed by atoms with Crippen molar-refractivity contribution < 1.29 is 23.5 Å². The highest BCUT2D eigenvalue weighted by Gasteiger charge is 2.36. The van der Waals surface area contributed by atoms with Crippen molar-refractivity contribution in [1.82, 2.24) is 4.90 Å². The minimum Gasteiger partial charge on any atom is -0.463 e. The van der Waals surface area contributed by atoms with Crippen molar-refractivity contribution in [3.05, 3.63) is 59.2 Å². The average Bonchev–Trinajstić information content (AvgIpc) is 2.60. The van der Waals surface area contributed by atoms with Crippen LogP contribution in [0.2, 0.25) is 0 Å². The van der Waals surface area contributed by atoms with Gasteiger partial charge in [0.05, 0.1) is 30.3 Å². The van der Waals surface area contributed by atoms with Crippen molar-refractivity contribution in [1.29, 1.82) is 0 Å². The molecule has 0 aliphatic carbocycles. The van der Waals surface area contributed by atoms with Crippen LogP contribution < -0.4 is 0 Å². The Balaban J connectivity index is 2.60. The molecule has 2 rings (SSSR count). The van der Waals surface area contributed by atoms with Crippen molar-refractivity contribution >= 4 is 11.9 Å². The van der Waals surface area contributed by atoms with Gasteiger partial charge in [0.25, 0.3) is 0 Å². The average molecular weight is 361 g/mol. The summed E-state index contributed by atoms with van der Waals surface area (Å²) in [7, 11) is 0. The third-order valence-corrected chi connectivity index (χ3v) is 4.00. The number of nitrogens with zero attached hydrogens (tertiary/aromatic N) is 1. The van der Waals surface area contributed by atoms with Crippen molar-refractivity contribution in [3.8, 4) is 0 Å². The lowest BCUT2D eigenvalue weighted by molar-refractivity contribution is -0.139. The molecule has 1 aliphatic rings. The number of benzene rings is 1. The Bertz CT molecular complexity index is 703. The highest BCUT2D eigenvalue weighted by molar-refractivity contribution is 5.98. The molecule has 1 aliphatic heterocycles. The summed E-state index contributed by atoms with van der Waals surface area (Å²) in [6, 6.07) is 5.87. The molecule has 0 N–H and O–H groups in total. The summed E-state index contributed by atoms with van der Waals surface area (Å²) in [6.45, 7) is 7.68. The molecule has 0 bridgehead atoms. The van der Waals surface area contributed by atoms with Gasteiger partial charge in [-0.25, -0.2) is 14.0 Å². The number of halogens is 1. The summed E-state index contributed by atoms with van der Waals surface area (Å²) < 4.78 is 24.1. The molecule has 0 aromatic heterocycles. The molecule has 1 aromatic carbocycles. The summed E-state index contributed by atoms with van der Waals surface area (Å²) in [6.07, 6.45) is 3.31. The topological polar surface area (TPSA) is 55.8 Å². The van der Waals surface area contributed by atoms with E-state index in [1.54, 1.807) is 43.3 Å². The Labute approximate surface area is 153 Å². The van der Waals surface area contributed by atoms with E-state index in [2.05, 4.69) is 0 Å². The number of hydrogen-bond acceptors (Lipinski definition) is 5. The molecule has 0 radical (unpaired) electrons. The molecule has 1 heterocycles. The van der Waals surface area contributed by atoms with Gasteiger partial charge in [0, 0.05) is 18.4 Å². The Kier molecular flexibility index (Phi) is 6.55. The van der Waals surface area contributed by atoms with E-state index < -0.39 is 23.7 Å². The lowest BCUT2D eigenvalue weighted by Gasteiger charge is -2.32. The zero-order chi connectivity index (χ0) is 19.3. The zero-order valence-corrected chi connectivity index (χ0v) is 15.5. The van der Waals surface area contributed by atoms with Crippen LogP contribution in [-0.2, 0) is 19.1 Å². The van der Waals surface area contributed by atoms with Crippen molar-refractivity contribution in [2.45, 2.75) is 39.7 Å². The Morgan fingerprint density at radius 1 is 1.08 bits per heavy atom. The van der Waals surface area contributed by atoms with Crippen LogP contribution in [0, 0.1) is 5.82 Å². The highest BCUT2D eigenvalue weighted by Crippen LogP contribution is 2.37. The van der Waals surface area contributed by atoms with Gasteiger partial charge in [-0.2, -0.15) is 0 Å². The second-order valence-electron chi connectivity index (χ2n) is 6.14. The van der Waals surface area contributed by atoms with Crippen LogP contribution in [0.1, 0.15) is 39.2 Å². The second-order valence-corrected chi connectivity index (χ2v) is 6.14. The fourth-order valence-corrected chi connectivity index (χ4v) is 2.79. The lowest BCUT2D eigenvalue weighted by Crippen LogP contribution is -2.32. The molecule has 0 saturated carbocycles. The first-order valence-corrected chi connectivity index (χ1v) is 8.69. The molecule has 0 saturated heterocycles. The molecule has 6 heteroatoms. The predicted molar refractivity (Wildman–Crippen MR) is 95.5 cm³/mol. The van der Waals surface area contributed by atoms with Crippen molar-refractivity contribution in [3.63, 3.8) is 0 Å². The standard InChI is InChI=1S/C20H24FNO4/c1-5-25-19(23)16-11-22(13(3)4)12-17(20(24)26-6-2)18(16)14-8-7-9-15(21)10-14/h7-13,18H,5-6H2,1-4H3. The summed E-state index contributed by atoms with van der Waals surface area (Å²) in [5.74, 6) is -2.27. The number of ether oxygens (including phenoxy) is 2. The molecular weight excluding hydrogens is 337 g/mol. The molecule has 140 valence electrons. The Morgan fingerprint density at radius 3 is 2.04 bits per heavy atom. The maximum atomic E-state index is 13.8. The third-order valence-electron chi connectivity index (χ3n) is 4.00. The molecule has 0 atom stereocenters. The minimum absolute atomic E-state index is 0.0114. The van der Waals surface area contributed by atoms with Gasteiger partial charge in [-0.15, -0.1) is 0 Å². The maximum absolute atomic E-state index is 13.8. The maximum Gasteiger partial charge on any atom is 0.336 e. The van der Waals surface area contributed by atoms with E-state index in [0.717, 1.165) is 0 Å². The quantitative estimate of drug-likeness (QED) is 0.726. The van der Waals surface area contributed by atoms with Crippen molar-refractivity contribution in [2.24, 2.45) is 0 Å². The molecule has 5 nitrogen and oxygen atoms in total. The predicted octanol–water partition coefficient (Wildman–Crippen LogP) is 3.53. The number of carbonyl (C=O) groups excluding carboxylic acids is 2. The van der Waals surface area contributed by atoms with Crippen LogP contribution in [-0.4, -0.2) is 36.1 Å². The van der Waals surface area contributed by atoms with E-state index in [9.17, 15) is 14.0 Å². The fourth-order valence-electron chi connectivity index (χ4n) is 2.79. The fraction of sp³-hybridized carbons (Fsp3) is 0.400. The largest absolute Gasteiger partial charge is 0.463 e. The second kappa shape index (κ2) is 8.65. The van der Waals surface area contributed by atoms with Crippen LogP contribution in [0.15, 0.2) is 47.8 Å². The molecule has 1 aromatic rings. The zero-order valence-electron chi connectivity index (χ0n) is 15.5. The molecule has 26 heavy (non-hydrogen) atoms. The van der Waals surface area contributed by atoms with Gasteiger partial charge in [-0.3, -0.25) is 0 Å². The van der Waals surface area contributed by atoms with E-state index in [1.807, 2.05) is 13.8 Å². The molecular formula is C20H24FNO4. The summed E-state index contributed by atoms with van der Waals surface area (Å²) in [4.78, 5) is 26.9. The minimum atomic E-state index is -0.751.